The number of rotatable bonds is 4. The normalized spacial score (nSPS) is 23.8. The van der Waals surface area contributed by atoms with Crippen molar-refractivity contribution in [1.82, 2.24) is 4.90 Å². The van der Waals surface area contributed by atoms with Crippen LogP contribution < -0.4 is 9.47 Å². The number of ether oxygens (including phenoxy) is 3. The van der Waals surface area contributed by atoms with E-state index in [9.17, 15) is 5.11 Å². The van der Waals surface area contributed by atoms with E-state index < -0.39 is 6.10 Å². The standard InChI is InChI=1S/C15H21NO4/c1-2-12-9-18-6-5-16(12)8-13(17)11-3-4-14-15(7-11)20-10-19-14/h3-4,7,12-13,17H,2,5-6,8-10H2,1H3. The third-order valence-corrected chi connectivity index (χ3v) is 4.01. The van der Waals surface area contributed by atoms with E-state index in [1.165, 1.54) is 0 Å². The zero-order valence-corrected chi connectivity index (χ0v) is 11.7. The van der Waals surface area contributed by atoms with E-state index in [1.54, 1.807) is 0 Å². The van der Waals surface area contributed by atoms with Gasteiger partial charge in [-0.3, -0.25) is 4.90 Å². The van der Waals surface area contributed by atoms with Gasteiger partial charge in [-0.05, 0) is 24.1 Å². The summed E-state index contributed by atoms with van der Waals surface area (Å²) in [7, 11) is 0. The molecule has 0 aromatic heterocycles. The highest BCUT2D eigenvalue weighted by atomic mass is 16.7. The molecule has 110 valence electrons. The number of aliphatic hydroxyl groups excluding tert-OH is 1. The number of aliphatic hydroxyl groups is 1. The number of morpholine rings is 1. The van der Waals surface area contributed by atoms with Gasteiger partial charge in [0, 0.05) is 19.1 Å². The van der Waals surface area contributed by atoms with Crippen molar-refractivity contribution in [3.05, 3.63) is 23.8 Å². The van der Waals surface area contributed by atoms with Gasteiger partial charge in [0.05, 0.1) is 19.3 Å². The lowest BCUT2D eigenvalue weighted by atomic mass is 10.1. The summed E-state index contributed by atoms with van der Waals surface area (Å²) in [5.74, 6) is 1.47. The maximum absolute atomic E-state index is 10.4. The lowest BCUT2D eigenvalue weighted by molar-refractivity contribution is -0.0277. The summed E-state index contributed by atoms with van der Waals surface area (Å²) in [4.78, 5) is 2.30. The molecule has 2 heterocycles. The van der Waals surface area contributed by atoms with Gasteiger partial charge in [0.1, 0.15) is 0 Å². The zero-order valence-electron chi connectivity index (χ0n) is 11.7. The maximum Gasteiger partial charge on any atom is 0.231 e. The lowest BCUT2D eigenvalue weighted by Crippen LogP contribution is -2.46. The first-order valence-electron chi connectivity index (χ1n) is 7.17. The van der Waals surface area contributed by atoms with E-state index >= 15 is 0 Å². The lowest BCUT2D eigenvalue weighted by Gasteiger charge is -2.36. The van der Waals surface area contributed by atoms with Crippen molar-refractivity contribution in [2.45, 2.75) is 25.5 Å². The third-order valence-electron chi connectivity index (χ3n) is 4.01. The Kier molecular flexibility index (Phi) is 4.10. The van der Waals surface area contributed by atoms with Crippen molar-refractivity contribution in [3.63, 3.8) is 0 Å². The molecule has 0 spiro atoms. The van der Waals surface area contributed by atoms with Gasteiger partial charge >= 0.3 is 0 Å². The number of hydrogen-bond donors (Lipinski definition) is 1. The van der Waals surface area contributed by atoms with Crippen LogP contribution in [0.3, 0.4) is 0 Å². The van der Waals surface area contributed by atoms with E-state index in [0.29, 0.717) is 12.6 Å². The second kappa shape index (κ2) is 5.99. The molecular weight excluding hydrogens is 258 g/mol. The van der Waals surface area contributed by atoms with E-state index in [-0.39, 0.29) is 6.79 Å². The van der Waals surface area contributed by atoms with E-state index in [0.717, 1.165) is 43.2 Å². The minimum atomic E-state index is -0.517. The number of nitrogens with zero attached hydrogens (tertiary/aromatic N) is 1. The van der Waals surface area contributed by atoms with Gasteiger partial charge in [0.25, 0.3) is 0 Å². The molecule has 2 atom stereocenters. The highest BCUT2D eigenvalue weighted by Crippen LogP contribution is 2.34. The predicted octanol–water partition coefficient (Wildman–Crippen LogP) is 1.56. The first-order valence-corrected chi connectivity index (χ1v) is 7.17. The van der Waals surface area contributed by atoms with Crippen LogP contribution in [0.25, 0.3) is 0 Å². The van der Waals surface area contributed by atoms with Crippen LogP contribution in [0.5, 0.6) is 11.5 Å². The largest absolute Gasteiger partial charge is 0.454 e. The summed E-state index contributed by atoms with van der Waals surface area (Å²) in [6.07, 6.45) is 0.519. The Bertz CT molecular complexity index is 465. The van der Waals surface area contributed by atoms with Crippen molar-refractivity contribution in [2.24, 2.45) is 0 Å². The second-order valence-electron chi connectivity index (χ2n) is 5.26. The van der Waals surface area contributed by atoms with Gasteiger partial charge in [-0.2, -0.15) is 0 Å². The molecule has 0 aliphatic carbocycles. The van der Waals surface area contributed by atoms with Crippen molar-refractivity contribution in [1.29, 1.82) is 0 Å². The molecular formula is C15H21NO4. The Labute approximate surface area is 119 Å². The van der Waals surface area contributed by atoms with Crippen LogP contribution in [0.2, 0.25) is 0 Å². The molecule has 1 aromatic carbocycles. The number of β-amino-alcohol motifs (C(OH)–C–C–N with tert-alkyl or cyclic N) is 1. The monoisotopic (exact) mass is 279 g/mol. The van der Waals surface area contributed by atoms with Crippen LogP contribution in [0.15, 0.2) is 18.2 Å². The Balaban J connectivity index is 1.67. The fourth-order valence-electron chi connectivity index (χ4n) is 2.75. The third kappa shape index (κ3) is 2.75. The van der Waals surface area contributed by atoms with E-state index in [2.05, 4.69) is 11.8 Å². The summed E-state index contributed by atoms with van der Waals surface area (Å²) in [6, 6.07) is 6.03. The van der Waals surface area contributed by atoms with Crippen LogP contribution in [-0.2, 0) is 4.74 Å². The smallest absolute Gasteiger partial charge is 0.231 e. The van der Waals surface area contributed by atoms with Crippen molar-refractivity contribution in [2.75, 3.05) is 33.1 Å². The minimum absolute atomic E-state index is 0.260. The Morgan fingerprint density at radius 1 is 1.35 bits per heavy atom. The van der Waals surface area contributed by atoms with Crippen LogP contribution in [0.1, 0.15) is 25.0 Å². The summed E-state index contributed by atoms with van der Waals surface area (Å²) in [6.45, 7) is 5.41. The quantitative estimate of drug-likeness (QED) is 0.906. The molecule has 5 heteroatoms. The van der Waals surface area contributed by atoms with Crippen molar-refractivity contribution >= 4 is 0 Å². The highest BCUT2D eigenvalue weighted by molar-refractivity contribution is 5.45. The highest BCUT2D eigenvalue weighted by Gasteiger charge is 2.25. The molecule has 5 nitrogen and oxygen atoms in total. The average molecular weight is 279 g/mol. The average Bonchev–Trinajstić information content (AvgIpc) is 2.95. The van der Waals surface area contributed by atoms with Gasteiger partial charge in [0.2, 0.25) is 6.79 Å². The van der Waals surface area contributed by atoms with Crippen LogP contribution in [0, 0.1) is 0 Å². The molecule has 0 radical (unpaired) electrons. The molecule has 0 bridgehead atoms. The molecule has 1 saturated heterocycles. The molecule has 3 rings (SSSR count). The van der Waals surface area contributed by atoms with Crippen LogP contribution in [0.4, 0.5) is 0 Å². The fourth-order valence-corrected chi connectivity index (χ4v) is 2.75. The second-order valence-corrected chi connectivity index (χ2v) is 5.26. The Hall–Kier alpha value is -1.30. The first kappa shape index (κ1) is 13.7. The summed E-state index contributed by atoms with van der Waals surface area (Å²) in [5.41, 5.74) is 0.871. The summed E-state index contributed by atoms with van der Waals surface area (Å²) < 4.78 is 16.1. The van der Waals surface area contributed by atoms with Crippen LogP contribution in [-0.4, -0.2) is 49.1 Å². The fraction of sp³-hybridized carbons (Fsp3) is 0.600. The molecule has 2 unspecified atom stereocenters. The van der Waals surface area contributed by atoms with Gasteiger partial charge in [0.15, 0.2) is 11.5 Å². The molecule has 0 saturated carbocycles. The number of fused-ring (bicyclic) bond motifs is 1. The van der Waals surface area contributed by atoms with E-state index in [4.69, 9.17) is 14.2 Å². The Morgan fingerprint density at radius 3 is 3.05 bits per heavy atom. The van der Waals surface area contributed by atoms with Crippen molar-refractivity contribution in [3.8, 4) is 11.5 Å². The minimum Gasteiger partial charge on any atom is -0.454 e. The van der Waals surface area contributed by atoms with Gasteiger partial charge in [-0.15, -0.1) is 0 Å². The molecule has 1 aromatic rings. The summed E-state index contributed by atoms with van der Waals surface area (Å²) in [5, 5.41) is 10.4. The topological polar surface area (TPSA) is 51.2 Å². The molecule has 1 N–H and O–H groups in total. The molecule has 2 aliphatic heterocycles. The first-order chi connectivity index (χ1) is 9.78. The number of hydrogen-bond acceptors (Lipinski definition) is 5. The number of benzene rings is 1. The van der Waals surface area contributed by atoms with E-state index in [1.807, 2.05) is 18.2 Å². The van der Waals surface area contributed by atoms with Gasteiger partial charge < -0.3 is 19.3 Å². The van der Waals surface area contributed by atoms with Crippen molar-refractivity contribution < 1.29 is 19.3 Å². The van der Waals surface area contributed by atoms with Crippen LogP contribution >= 0.6 is 0 Å². The Morgan fingerprint density at radius 2 is 2.20 bits per heavy atom. The van der Waals surface area contributed by atoms with Gasteiger partial charge in [-0.1, -0.05) is 13.0 Å². The van der Waals surface area contributed by atoms with Gasteiger partial charge in [-0.25, -0.2) is 0 Å². The molecule has 20 heavy (non-hydrogen) atoms. The molecule has 1 fully saturated rings. The molecule has 0 amide bonds. The molecule has 2 aliphatic rings. The zero-order chi connectivity index (χ0) is 13.9. The maximum atomic E-state index is 10.4. The summed E-state index contributed by atoms with van der Waals surface area (Å²) >= 11 is 0. The SMILES string of the molecule is CCC1COCCN1CC(O)c1ccc2c(c1)OCO2. The predicted molar refractivity (Wildman–Crippen MR) is 74.0 cm³/mol.